The Morgan fingerprint density at radius 3 is 0.500 bits per heavy atom. The highest BCUT2D eigenvalue weighted by molar-refractivity contribution is 4.39. The summed E-state index contributed by atoms with van der Waals surface area (Å²) in [5, 5.41) is 0. The Labute approximate surface area is 165 Å². The van der Waals surface area contributed by atoms with Gasteiger partial charge < -0.3 is 0 Å². The summed E-state index contributed by atoms with van der Waals surface area (Å²) in [6, 6.07) is 0. The largest absolute Gasteiger partial charge is 0.0776 e. The number of unbranched alkanes of at least 4 members (excludes halogenated alkanes) is 9. The van der Waals surface area contributed by atoms with Crippen LogP contribution in [0.15, 0.2) is 0 Å². The lowest BCUT2D eigenvalue weighted by Gasteiger charge is -1.93. The summed E-state index contributed by atoms with van der Waals surface area (Å²) < 4.78 is 0. The van der Waals surface area contributed by atoms with E-state index >= 15 is 0 Å². The molecule has 0 fully saturated rings. The van der Waals surface area contributed by atoms with Gasteiger partial charge in [0.1, 0.15) is 0 Å². The molecule has 0 saturated heterocycles. The fraction of sp³-hybridized carbons (Fsp3) is 1.00. The van der Waals surface area contributed by atoms with Gasteiger partial charge in [-0.1, -0.05) is 165 Å². The third-order valence-electron chi connectivity index (χ3n) is 2.66. The molecule has 0 aromatic rings. The molecule has 0 amide bonds. The van der Waals surface area contributed by atoms with Crippen molar-refractivity contribution < 1.29 is 0 Å². The SMILES string of the molecule is C.C.C.C.C.C.C.C.C.CCCCCCC.CCCCCCCC. The van der Waals surface area contributed by atoms with E-state index in [2.05, 4.69) is 27.7 Å². The highest BCUT2D eigenvalue weighted by Gasteiger charge is 1.83. The van der Waals surface area contributed by atoms with Crippen LogP contribution in [0.5, 0.6) is 0 Å². The standard InChI is InChI=1S/C8H18.C7H16.9CH4/c1-3-5-7-8-6-4-2;1-3-5-7-6-4-2;;;;;;;;;/h3-8H2,1-2H3;3-7H2,1-2H3;9*1H4. The Morgan fingerprint density at radius 2 is 0.375 bits per heavy atom. The Hall–Kier alpha value is 0. The van der Waals surface area contributed by atoms with Crippen LogP contribution in [0.3, 0.4) is 0 Å². The molecule has 0 aliphatic carbocycles. The van der Waals surface area contributed by atoms with Crippen LogP contribution in [-0.4, -0.2) is 0 Å². The van der Waals surface area contributed by atoms with Gasteiger partial charge in [-0.15, -0.1) is 0 Å². The van der Waals surface area contributed by atoms with Crippen LogP contribution in [0, 0.1) is 0 Å². The lowest BCUT2D eigenvalue weighted by molar-refractivity contribution is 0.624. The molecule has 0 rings (SSSR count). The van der Waals surface area contributed by atoms with Crippen LogP contribution in [0.25, 0.3) is 0 Å². The quantitative estimate of drug-likeness (QED) is 0.359. The van der Waals surface area contributed by atoms with Crippen molar-refractivity contribution in [2.45, 2.75) is 165 Å². The lowest BCUT2D eigenvalue weighted by atomic mass is 10.1. The minimum Gasteiger partial charge on any atom is -0.0776 e. The van der Waals surface area contributed by atoms with Crippen LogP contribution < -0.4 is 0 Å². The molecule has 0 N–H and O–H groups in total. The first-order valence-corrected chi connectivity index (χ1v) is 7.33. The average Bonchev–Trinajstić information content (AvgIpc) is 2.26. The zero-order valence-corrected chi connectivity index (χ0v) is 11.8. The zero-order chi connectivity index (χ0) is 11.8. The first-order chi connectivity index (χ1) is 7.33. The smallest absolute Gasteiger partial charge is 0.0533 e. The Bertz CT molecular complexity index is 66.1. The molecule has 0 aromatic heterocycles. The van der Waals surface area contributed by atoms with Gasteiger partial charge in [-0.3, -0.25) is 0 Å². The fourth-order valence-corrected chi connectivity index (χ4v) is 1.53. The first kappa shape index (κ1) is 75.1. The number of hydrogen-bond donors (Lipinski definition) is 0. The normalized spacial score (nSPS) is 6.00. The maximum absolute atomic E-state index is 2.26. The summed E-state index contributed by atoms with van der Waals surface area (Å²) >= 11 is 0. The minimum atomic E-state index is 0. The molecular weight excluding hydrogens is 288 g/mol. The van der Waals surface area contributed by atoms with E-state index in [0.717, 1.165) is 0 Å². The minimum absolute atomic E-state index is 0. The Balaban J connectivity index is -0.0000000114. The predicted octanol–water partition coefficient (Wildman–Crippen LogP) is 12.1. The van der Waals surface area contributed by atoms with E-state index in [1.165, 1.54) is 70.6 Å². The maximum Gasteiger partial charge on any atom is -0.0533 e. The Kier molecular flexibility index (Phi) is 288. The van der Waals surface area contributed by atoms with Gasteiger partial charge in [-0.05, 0) is 0 Å². The van der Waals surface area contributed by atoms with Crippen molar-refractivity contribution in [3.8, 4) is 0 Å². The van der Waals surface area contributed by atoms with Gasteiger partial charge in [-0.25, -0.2) is 0 Å². The van der Waals surface area contributed by atoms with Crippen molar-refractivity contribution in [2.24, 2.45) is 0 Å². The molecule has 0 nitrogen and oxygen atoms in total. The van der Waals surface area contributed by atoms with Crippen molar-refractivity contribution in [1.82, 2.24) is 0 Å². The third kappa shape index (κ3) is 120. The Morgan fingerprint density at radius 1 is 0.250 bits per heavy atom. The second-order valence-corrected chi connectivity index (χ2v) is 4.47. The van der Waals surface area contributed by atoms with Gasteiger partial charge in [0, 0.05) is 0 Å². The molecule has 0 heteroatoms. The van der Waals surface area contributed by atoms with Crippen molar-refractivity contribution in [1.29, 1.82) is 0 Å². The molecule has 24 heavy (non-hydrogen) atoms. The average molecular weight is 359 g/mol. The molecule has 0 saturated carbocycles. The van der Waals surface area contributed by atoms with E-state index in [1.54, 1.807) is 0 Å². The first-order valence-electron chi connectivity index (χ1n) is 7.33. The fourth-order valence-electron chi connectivity index (χ4n) is 1.53. The number of hydrogen-bond acceptors (Lipinski definition) is 0. The van der Waals surface area contributed by atoms with E-state index in [4.69, 9.17) is 0 Å². The molecule has 0 unspecified atom stereocenters. The lowest BCUT2D eigenvalue weighted by Crippen LogP contribution is -1.73. The molecule has 0 bridgehead atoms. The van der Waals surface area contributed by atoms with E-state index in [-0.39, 0.29) is 66.8 Å². The van der Waals surface area contributed by atoms with Crippen molar-refractivity contribution in [2.75, 3.05) is 0 Å². The highest BCUT2D eigenvalue weighted by Crippen LogP contribution is 2.03. The highest BCUT2D eigenvalue weighted by atomic mass is 13.9. The van der Waals surface area contributed by atoms with Gasteiger partial charge in [0.05, 0.1) is 0 Å². The third-order valence-corrected chi connectivity index (χ3v) is 2.66. The molecule has 0 aliphatic heterocycles. The number of rotatable bonds is 9. The van der Waals surface area contributed by atoms with E-state index in [0.29, 0.717) is 0 Å². The van der Waals surface area contributed by atoms with Crippen LogP contribution in [0.1, 0.15) is 165 Å². The summed E-state index contributed by atoms with van der Waals surface area (Å²) in [5.74, 6) is 0. The molecule has 0 radical (unpaired) electrons. The van der Waals surface area contributed by atoms with Gasteiger partial charge in [-0.2, -0.15) is 0 Å². The molecule has 0 spiro atoms. The van der Waals surface area contributed by atoms with Crippen LogP contribution in [0.2, 0.25) is 0 Å². The second kappa shape index (κ2) is 92.0. The zero-order valence-electron chi connectivity index (χ0n) is 11.8. The molecule has 0 aliphatic rings. The molecule has 166 valence electrons. The van der Waals surface area contributed by atoms with Gasteiger partial charge in [0.15, 0.2) is 0 Å². The summed E-state index contributed by atoms with van der Waals surface area (Å²) in [5.41, 5.74) is 0. The van der Waals surface area contributed by atoms with Crippen molar-refractivity contribution in [3.63, 3.8) is 0 Å². The predicted molar refractivity (Wildman–Crippen MR) is 134 cm³/mol. The maximum atomic E-state index is 2.26. The van der Waals surface area contributed by atoms with Crippen LogP contribution in [0.4, 0.5) is 0 Å². The molecule has 0 atom stereocenters. The van der Waals surface area contributed by atoms with Crippen molar-refractivity contribution in [3.05, 3.63) is 0 Å². The van der Waals surface area contributed by atoms with Crippen LogP contribution in [-0.2, 0) is 0 Å². The van der Waals surface area contributed by atoms with Crippen molar-refractivity contribution >= 4 is 0 Å². The molecule has 0 aromatic carbocycles. The summed E-state index contributed by atoms with van der Waals surface area (Å²) in [6.07, 6.45) is 15.5. The topological polar surface area (TPSA) is 0 Å². The monoisotopic (exact) mass is 359 g/mol. The molecule has 0 heterocycles. The second-order valence-electron chi connectivity index (χ2n) is 4.47. The molecular formula is C24H70. The van der Waals surface area contributed by atoms with E-state index < -0.39 is 0 Å². The van der Waals surface area contributed by atoms with E-state index in [1.807, 2.05) is 0 Å². The van der Waals surface area contributed by atoms with Gasteiger partial charge in [0.25, 0.3) is 0 Å². The van der Waals surface area contributed by atoms with Crippen LogP contribution >= 0.6 is 0 Å². The van der Waals surface area contributed by atoms with E-state index in [9.17, 15) is 0 Å². The summed E-state index contributed by atoms with van der Waals surface area (Å²) in [4.78, 5) is 0. The van der Waals surface area contributed by atoms with Gasteiger partial charge >= 0.3 is 0 Å². The summed E-state index contributed by atoms with van der Waals surface area (Å²) in [6.45, 7) is 9.00. The summed E-state index contributed by atoms with van der Waals surface area (Å²) in [7, 11) is 0. The van der Waals surface area contributed by atoms with Gasteiger partial charge in [0.2, 0.25) is 0 Å².